The third-order valence-electron chi connectivity index (χ3n) is 5.77. The minimum Gasteiger partial charge on any atom is -0.386 e. The minimum atomic E-state index is -0.515. The van der Waals surface area contributed by atoms with Crippen molar-refractivity contribution in [2.24, 2.45) is 29.1 Å². The van der Waals surface area contributed by atoms with Gasteiger partial charge in [-0.15, -0.1) is 0 Å². The van der Waals surface area contributed by atoms with Crippen LogP contribution in [0.4, 0.5) is 0 Å². The summed E-state index contributed by atoms with van der Waals surface area (Å²) in [5, 5.41) is 10.6. The van der Waals surface area contributed by atoms with Crippen LogP contribution in [0.5, 0.6) is 0 Å². The van der Waals surface area contributed by atoms with Crippen LogP contribution >= 0.6 is 0 Å². The molecule has 0 spiro atoms. The summed E-state index contributed by atoms with van der Waals surface area (Å²) in [6, 6.07) is 0. The fourth-order valence-corrected chi connectivity index (χ4v) is 4.66. The Morgan fingerprint density at radius 2 is 2.00 bits per heavy atom. The molecule has 0 aromatic rings. The Morgan fingerprint density at radius 3 is 2.69 bits per heavy atom. The summed E-state index contributed by atoms with van der Waals surface area (Å²) in [5.41, 5.74) is 1.38. The summed E-state index contributed by atoms with van der Waals surface area (Å²) < 4.78 is 0. The smallest absolute Gasteiger partial charge is 0.0831 e. The lowest BCUT2D eigenvalue weighted by atomic mass is 9.78. The third kappa shape index (κ3) is 1.21. The zero-order valence-electron chi connectivity index (χ0n) is 11.0. The van der Waals surface area contributed by atoms with Gasteiger partial charge < -0.3 is 5.11 Å². The molecule has 0 aliphatic heterocycles. The molecule has 0 radical (unpaired) electrons. The van der Waals surface area contributed by atoms with Crippen LogP contribution in [0.2, 0.25) is 0 Å². The topological polar surface area (TPSA) is 20.2 Å². The van der Waals surface area contributed by atoms with E-state index in [1.54, 1.807) is 0 Å². The number of fused-ring (bicyclic) bond motifs is 3. The van der Waals surface area contributed by atoms with Crippen molar-refractivity contribution in [1.29, 1.82) is 0 Å². The monoisotopic (exact) mass is 220 g/mol. The quantitative estimate of drug-likeness (QED) is 0.620. The molecule has 0 bridgehead atoms. The average Bonchev–Trinajstić information content (AvgIpc) is 2.51. The maximum Gasteiger partial charge on any atom is 0.0831 e. The zero-order valence-corrected chi connectivity index (χ0v) is 11.0. The van der Waals surface area contributed by atoms with Gasteiger partial charge in [-0.2, -0.15) is 0 Å². The molecule has 5 atom stereocenters. The lowest BCUT2D eigenvalue weighted by molar-refractivity contribution is 0.0738. The van der Waals surface area contributed by atoms with E-state index in [0.29, 0.717) is 11.3 Å². The van der Waals surface area contributed by atoms with Gasteiger partial charge in [-0.25, -0.2) is 0 Å². The molecule has 1 nitrogen and oxygen atoms in total. The van der Waals surface area contributed by atoms with Crippen LogP contribution in [-0.2, 0) is 0 Å². The van der Waals surface area contributed by atoms with Gasteiger partial charge in [0, 0.05) is 0 Å². The predicted molar refractivity (Wildman–Crippen MR) is 66.0 cm³/mol. The summed E-state index contributed by atoms with van der Waals surface area (Å²) in [4.78, 5) is 0. The molecular formula is C15H24O. The van der Waals surface area contributed by atoms with Crippen molar-refractivity contribution >= 4 is 0 Å². The number of hydrogen-bond acceptors (Lipinski definition) is 1. The van der Waals surface area contributed by atoms with E-state index in [1.165, 1.54) is 18.4 Å². The van der Waals surface area contributed by atoms with Crippen molar-refractivity contribution < 1.29 is 5.11 Å². The van der Waals surface area contributed by atoms with Gasteiger partial charge in [0.25, 0.3) is 0 Å². The molecule has 1 N–H and O–H groups in total. The number of hydrogen-bond donors (Lipinski definition) is 1. The van der Waals surface area contributed by atoms with Crippen molar-refractivity contribution in [3.63, 3.8) is 0 Å². The second kappa shape index (κ2) is 2.93. The molecule has 2 saturated carbocycles. The highest BCUT2D eigenvalue weighted by molar-refractivity contribution is 5.31. The van der Waals surface area contributed by atoms with Gasteiger partial charge >= 0.3 is 0 Å². The summed E-state index contributed by atoms with van der Waals surface area (Å²) >= 11 is 0. The van der Waals surface area contributed by atoms with Crippen molar-refractivity contribution in [3.8, 4) is 0 Å². The molecule has 0 unspecified atom stereocenters. The number of rotatable bonds is 0. The Morgan fingerprint density at radius 1 is 1.31 bits per heavy atom. The molecule has 3 aliphatic rings. The van der Waals surface area contributed by atoms with Crippen LogP contribution in [0.3, 0.4) is 0 Å². The van der Waals surface area contributed by atoms with Gasteiger partial charge in [0.1, 0.15) is 0 Å². The minimum absolute atomic E-state index is 0.515. The summed E-state index contributed by atoms with van der Waals surface area (Å²) in [5.74, 6) is 3.10. The summed E-state index contributed by atoms with van der Waals surface area (Å²) in [7, 11) is 0. The standard InChI is InChI=1S/C15H24O/c1-9-5-6-10-12(9)13-11(14(13,2)3)7-8-15(10,4)16/h6,9,11-13,16H,5,7-8H2,1-4H3/t9-,11-,12+,13-,15-/m1/s1. The van der Waals surface area contributed by atoms with Gasteiger partial charge in [0.2, 0.25) is 0 Å². The maximum absolute atomic E-state index is 10.6. The van der Waals surface area contributed by atoms with Crippen molar-refractivity contribution in [1.82, 2.24) is 0 Å². The summed E-state index contributed by atoms with van der Waals surface area (Å²) in [6.07, 6.45) is 5.69. The van der Waals surface area contributed by atoms with E-state index < -0.39 is 5.60 Å². The number of aliphatic hydroxyl groups is 1. The molecule has 0 heterocycles. The van der Waals surface area contributed by atoms with E-state index in [-0.39, 0.29) is 0 Å². The van der Waals surface area contributed by atoms with Crippen LogP contribution in [0, 0.1) is 29.1 Å². The van der Waals surface area contributed by atoms with Crippen molar-refractivity contribution in [2.75, 3.05) is 0 Å². The van der Waals surface area contributed by atoms with Crippen molar-refractivity contribution in [2.45, 2.75) is 52.6 Å². The van der Waals surface area contributed by atoms with E-state index in [9.17, 15) is 5.11 Å². The first-order chi connectivity index (χ1) is 7.36. The van der Waals surface area contributed by atoms with Crippen LogP contribution in [0.15, 0.2) is 11.6 Å². The normalized spacial score (nSPS) is 53.7. The first-order valence-electron chi connectivity index (χ1n) is 6.78. The highest BCUT2D eigenvalue weighted by Crippen LogP contribution is 2.70. The Labute approximate surface area is 98.9 Å². The fourth-order valence-electron chi connectivity index (χ4n) is 4.66. The van der Waals surface area contributed by atoms with Gasteiger partial charge in [-0.05, 0) is 60.8 Å². The molecular weight excluding hydrogens is 196 g/mol. The summed E-state index contributed by atoms with van der Waals surface area (Å²) in [6.45, 7) is 9.23. The Hall–Kier alpha value is -0.300. The fraction of sp³-hybridized carbons (Fsp3) is 0.867. The zero-order chi connectivity index (χ0) is 11.7. The van der Waals surface area contributed by atoms with Gasteiger partial charge in [0.15, 0.2) is 0 Å². The van der Waals surface area contributed by atoms with E-state index >= 15 is 0 Å². The second-order valence-electron chi connectivity index (χ2n) is 7.16. The highest BCUT2D eigenvalue weighted by Gasteiger charge is 2.64. The Kier molecular flexibility index (Phi) is 1.98. The first-order valence-corrected chi connectivity index (χ1v) is 6.78. The predicted octanol–water partition coefficient (Wildman–Crippen LogP) is 3.39. The third-order valence-corrected chi connectivity index (χ3v) is 5.77. The van der Waals surface area contributed by atoms with Gasteiger partial charge in [-0.1, -0.05) is 26.8 Å². The lowest BCUT2D eigenvalue weighted by Crippen LogP contribution is -2.31. The molecule has 90 valence electrons. The molecule has 0 amide bonds. The van der Waals surface area contributed by atoms with E-state index in [4.69, 9.17) is 0 Å². The molecule has 1 heteroatoms. The molecule has 3 aliphatic carbocycles. The van der Waals surface area contributed by atoms with E-state index in [2.05, 4.69) is 26.8 Å². The van der Waals surface area contributed by atoms with Gasteiger partial charge in [-0.3, -0.25) is 0 Å². The SMILES string of the molecule is C[C@@H]1CC=C2[C@H]1[C@H]1[C@@H](CC[C@@]2(C)O)C1(C)C. The molecule has 16 heavy (non-hydrogen) atoms. The maximum atomic E-state index is 10.6. The van der Waals surface area contributed by atoms with Crippen LogP contribution in [-0.4, -0.2) is 10.7 Å². The first kappa shape index (κ1) is 10.8. The van der Waals surface area contributed by atoms with Crippen LogP contribution in [0.1, 0.15) is 47.0 Å². The average molecular weight is 220 g/mol. The number of allylic oxidation sites excluding steroid dienone is 1. The Balaban J connectivity index is 1.99. The largest absolute Gasteiger partial charge is 0.386 e. The van der Waals surface area contributed by atoms with Crippen LogP contribution < -0.4 is 0 Å². The van der Waals surface area contributed by atoms with Crippen LogP contribution in [0.25, 0.3) is 0 Å². The second-order valence-corrected chi connectivity index (χ2v) is 7.16. The highest BCUT2D eigenvalue weighted by atomic mass is 16.3. The van der Waals surface area contributed by atoms with Gasteiger partial charge in [0.05, 0.1) is 5.60 Å². The lowest BCUT2D eigenvalue weighted by Gasteiger charge is -2.31. The molecule has 0 aromatic heterocycles. The molecule has 0 saturated heterocycles. The van der Waals surface area contributed by atoms with E-state index in [0.717, 1.165) is 24.2 Å². The van der Waals surface area contributed by atoms with E-state index in [1.807, 2.05) is 6.92 Å². The molecule has 0 aromatic carbocycles. The van der Waals surface area contributed by atoms with Crippen molar-refractivity contribution in [3.05, 3.63) is 11.6 Å². The molecule has 2 fully saturated rings. The Bertz CT molecular complexity index is 350. The molecule has 3 rings (SSSR count).